The van der Waals surface area contributed by atoms with Gasteiger partial charge in [0, 0.05) is 18.4 Å². The SMILES string of the molecule is COc1ccc(C(OCCCOc2ccc3c(c2)C(=O)CC3)(c2ccccc2)c2ccc(OC)cc2)cc1. The first-order valence-electron chi connectivity index (χ1n) is 12.9. The number of ketones is 1. The van der Waals surface area contributed by atoms with E-state index < -0.39 is 5.60 Å². The zero-order valence-corrected chi connectivity index (χ0v) is 21.8. The monoisotopic (exact) mass is 508 g/mol. The van der Waals surface area contributed by atoms with Crippen molar-refractivity contribution in [2.75, 3.05) is 27.4 Å². The molecule has 1 aliphatic rings. The molecule has 4 aromatic carbocycles. The van der Waals surface area contributed by atoms with Crippen molar-refractivity contribution >= 4 is 5.78 Å². The molecule has 0 amide bonds. The van der Waals surface area contributed by atoms with Gasteiger partial charge in [-0.15, -0.1) is 0 Å². The predicted molar refractivity (Wildman–Crippen MR) is 147 cm³/mol. The van der Waals surface area contributed by atoms with Crippen molar-refractivity contribution in [2.45, 2.75) is 24.9 Å². The molecule has 0 spiro atoms. The Morgan fingerprint density at radius 3 is 1.84 bits per heavy atom. The van der Waals surface area contributed by atoms with Crippen molar-refractivity contribution in [3.05, 3.63) is 125 Å². The molecule has 38 heavy (non-hydrogen) atoms. The number of carbonyl (C=O) groups is 1. The summed E-state index contributed by atoms with van der Waals surface area (Å²) in [4.78, 5) is 12.1. The second-order valence-corrected chi connectivity index (χ2v) is 9.30. The minimum atomic E-state index is -0.847. The largest absolute Gasteiger partial charge is 0.497 e. The van der Waals surface area contributed by atoms with Crippen LogP contribution in [-0.4, -0.2) is 33.2 Å². The van der Waals surface area contributed by atoms with Gasteiger partial charge in [0.25, 0.3) is 0 Å². The quantitative estimate of drug-likeness (QED) is 0.169. The van der Waals surface area contributed by atoms with Crippen LogP contribution in [0.3, 0.4) is 0 Å². The molecular weight excluding hydrogens is 476 g/mol. The predicted octanol–water partition coefficient (Wildman–Crippen LogP) is 6.61. The molecular formula is C33H32O5. The lowest BCUT2D eigenvalue weighted by atomic mass is 9.80. The number of methoxy groups -OCH3 is 2. The summed E-state index contributed by atoms with van der Waals surface area (Å²) in [5, 5.41) is 0. The van der Waals surface area contributed by atoms with Crippen molar-refractivity contribution < 1.29 is 23.7 Å². The standard InChI is InChI=1S/C33H32O5/c1-35-28-16-11-26(12-17-28)33(25-7-4-3-5-8-25,27-13-18-29(36-2)19-14-27)38-22-6-21-37-30-15-9-24-10-20-32(34)31(24)23-30/h3-5,7-9,11-19,23H,6,10,20-22H2,1-2H3. The van der Waals surface area contributed by atoms with Crippen LogP contribution in [0.1, 0.15) is 45.5 Å². The highest BCUT2D eigenvalue weighted by molar-refractivity contribution is 6.00. The third kappa shape index (κ3) is 5.15. The van der Waals surface area contributed by atoms with E-state index in [1.54, 1.807) is 14.2 Å². The van der Waals surface area contributed by atoms with E-state index in [9.17, 15) is 4.79 Å². The molecule has 0 atom stereocenters. The Labute approximate surface area is 223 Å². The molecule has 0 saturated heterocycles. The molecule has 0 bridgehead atoms. The van der Waals surface area contributed by atoms with Gasteiger partial charge in [0.2, 0.25) is 0 Å². The van der Waals surface area contributed by atoms with Gasteiger partial charge in [0.15, 0.2) is 5.78 Å². The fourth-order valence-corrected chi connectivity index (χ4v) is 5.05. The molecule has 5 nitrogen and oxygen atoms in total. The highest BCUT2D eigenvalue weighted by Gasteiger charge is 2.37. The smallest absolute Gasteiger partial charge is 0.163 e. The maximum Gasteiger partial charge on any atom is 0.163 e. The molecule has 0 N–H and O–H groups in total. The number of hydrogen-bond donors (Lipinski definition) is 0. The Kier molecular flexibility index (Phi) is 7.75. The van der Waals surface area contributed by atoms with Crippen LogP contribution in [-0.2, 0) is 16.8 Å². The Hall–Kier alpha value is -4.09. The highest BCUT2D eigenvalue weighted by atomic mass is 16.5. The molecule has 0 aliphatic heterocycles. The van der Waals surface area contributed by atoms with Crippen molar-refractivity contribution in [3.63, 3.8) is 0 Å². The summed E-state index contributed by atoms with van der Waals surface area (Å²) < 4.78 is 23.7. The molecule has 0 fully saturated rings. The second-order valence-electron chi connectivity index (χ2n) is 9.30. The number of aryl methyl sites for hydroxylation is 1. The third-order valence-electron chi connectivity index (χ3n) is 7.05. The van der Waals surface area contributed by atoms with Crippen LogP contribution in [0.4, 0.5) is 0 Å². The van der Waals surface area contributed by atoms with Gasteiger partial charge in [-0.2, -0.15) is 0 Å². The summed E-state index contributed by atoms with van der Waals surface area (Å²) in [7, 11) is 3.33. The number of benzene rings is 4. The number of carbonyl (C=O) groups excluding carboxylic acids is 1. The Morgan fingerprint density at radius 1 is 0.658 bits per heavy atom. The average molecular weight is 509 g/mol. The van der Waals surface area contributed by atoms with Crippen LogP contribution < -0.4 is 14.2 Å². The molecule has 0 aromatic heterocycles. The number of ether oxygens (including phenoxy) is 4. The van der Waals surface area contributed by atoms with E-state index in [0.717, 1.165) is 51.5 Å². The Morgan fingerprint density at radius 2 is 1.24 bits per heavy atom. The van der Waals surface area contributed by atoms with E-state index in [-0.39, 0.29) is 5.78 Å². The van der Waals surface area contributed by atoms with Crippen LogP contribution in [0.5, 0.6) is 17.2 Å². The topological polar surface area (TPSA) is 54.0 Å². The average Bonchev–Trinajstić information content (AvgIpc) is 3.35. The minimum absolute atomic E-state index is 0.195. The Bertz CT molecular complexity index is 1310. The van der Waals surface area contributed by atoms with E-state index in [0.29, 0.717) is 26.1 Å². The molecule has 0 unspecified atom stereocenters. The highest BCUT2D eigenvalue weighted by Crippen LogP contribution is 2.41. The number of rotatable bonds is 11. The fourth-order valence-electron chi connectivity index (χ4n) is 5.05. The van der Waals surface area contributed by atoms with Crippen molar-refractivity contribution in [1.82, 2.24) is 0 Å². The second kappa shape index (κ2) is 11.5. The lowest BCUT2D eigenvalue weighted by molar-refractivity contribution is 0.00708. The maximum absolute atomic E-state index is 12.1. The molecule has 0 saturated carbocycles. The molecule has 4 aromatic rings. The van der Waals surface area contributed by atoms with Crippen LogP contribution in [0.25, 0.3) is 0 Å². The summed E-state index contributed by atoms with van der Waals surface area (Å²) in [6.07, 6.45) is 2.08. The summed E-state index contributed by atoms with van der Waals surface area (Å²) in [6, 6.07) is 32.1. The van der Waals surface area contributed by atoms with Crippen LogP contribution in [0.15, 0.2) is 97.1 Å². The molecule has 0 radical (unpaired) electrons. The van der Waals surface area contributed by atoms with Crippen molar-refractivity contribution in [1.29, 1.82) is 0 Å². The minimum Gasteiger partial charge on any atom is -0.497 e. The lowest BCUT2D eigenvalue weighted by Crippen LogP contribution is -2.33. The zero-order valence-electron chi connectivity index (χ0n) is 21.8. The summed E-state index contributed by atoms with van der Waals surface area (Å²) in [6.45, 7) is 0.930. The van der Waals surface area contributed by atoms with Crippen molar-refractivity contribution in [3.8, 4) is 17.2 Å². The van der Waals surface area contributed by atoms with Gasteiger partial charge in [-0.1, -0.05) is 60.7 Å². The number of hydrogen-bond acceptors (Lipinski definition) is 5. The molecule has 5 rings (SSSR count). The van der Waals surface area contributed by atoms with Crippen LogP contribution >= 0.6 is 0 Å². The van der Waals surface area contributed by atoms with E-state index >= 15 is 0 Å². The van der Waals surface area contributed by atoms with E-state index in [2.05, 4.69) is 12.1 Å². The van der Waals surface area contributed by atoms with E-state index in [4.69, 9.17) is 18.9 Å². The van der Waals surface area contributed by atoms with Gasteiger partial charge in [-0.05, 0) is 65.1 Å². The van der Waals surface area contributed by atoms with E-state index in [1.165, 1.54) is 0 Å². The first-order valence-corrected chi connectivity index (χ1v) is 12.9. The van der Waals surface area contributed by atoms with Gasteiger partial charge in [0.05, 0.1) is 27.4 Å². The summed E-state index contributed by atoms with van der Waals surface area (Å²) >= 11 is 0. The van der Waals surface area contributed by atoms with Gasteiger partial charge in [0.1, 0.15) is 22.8 Å². The van der Waals surface area contributed by atoms with Crippen molar-refractivity contribution in [2.24, 2.45) is 0 Å². The molecule has 1 aliphatic carbocycles. The van der Waals surface area contributed by atoms with Gasteiger partial charge in [-0.3, -0.25) is 4.79 Å². The zero-order chi connectivity index (χ0) is 26.4. The summed E-state index contributed by atoms with van der Waals surface area (Å²) in [5.74, 6) is 2.48. The molecule has 0 heterocycles. The lowest BCUT2D eigenvalue weighted by Gasteiger charge is -2.36. The molecule has 194 valence electrons. The first-order chi connectivity index (χ1) is 18.6. The number of fused-ring (bicyclic) bond motifs is 1. The van der Waals surface area contributed by atoms with Gasteiger partial charge >= 0.3 is 0 Å². The summed E-state index contributed by atoms with van der Waals surface area (Å²) in [5.41, 5.74) is 4.06. The fraction of sp³-hybridized carbons (Fsp3) is 0.242. The Balaban J connectivity index is 1.40. The molecule has 5 heteroatoms. The van der Waals surface area contributed by atoms with E-state index in [1.807, 2.05) is 84.9 Å². The first kappa shape index (κ1) is 25.6. The third-order valence-corrected chi connectivity index (χ3v) is 7.05. The van der Waals surface area contributed by atoms with Gasteiger partial charge in [-0.25, -0.2) is 0 Å². The number of Topliss-reactive ketones (excluding diaryl/α,β-unsaturated/α-hetero) is 1. The normalized spacial score (nSPS) is 12.7. The van der Waals surface area contributed by atoms with Gasteiger partial charge < -0.3 is 18.9 Å². The van der Waals surface area contributed by atoms with Crippen LogP contribution in [0, 0.1) is 0 Å². The van der Waals surface area contributed by atoms with Crippen LogP contribution in [0.2, 0.25) is 0 Å². The maximum atomic E-state index is 12.1.